The first-order valence-electron chi connectivity index (χ1n) is 3.76. The maximum Gasteiger partial charge on any atom is 0.332 e. The molecule has 0 aliphatic heterocycles. The van der Waals surface area contributed by atoms with Gasteiger partial charge in [-0.15, -0.1) is 0 Å². The molecule has 2 saturated carbocycles. The average molecular weight is 236 g/mol. The molecular weight excluding hydrogens is 236 g/mol. The van der Waals surface area contributed by atoms with Gasteiger partial charge >= 0.3 is 5.92 Å². The van der Waals surface area contributed by atoms with Crippen LogP contribution < -0.4 is 0 Å². The Morgan fingerprint density at radius 1 is 0.600 bits per heavy atom. The molecule has 0 radical (unpaired) electrons. The summed E-state index contributed by atoms with van der Waals surface area (Å²) in [5, 5.41) is 0. The minimum absolute atomic E-state index is 2.75. The Morgan fingerprint density at radius 2 is 1.00 bits per heavy atom. The highest BCUT2D eigenvalue weighted by Crippen LogP contribution is 2.94. The Balaban J connectivity index is 2.37. The molecule has 0 heterocycles. The van der Waals surface area contributed by atoms with Crippen LogP contribution in [0.2, 0.25) is 0 Å². The van der Waals surface area contributed by atoms with Crippen molar-refractivity contribution in [1.82, 2.24) is 0 Å². The minimum Gasteiger partial charge on any atom is -0.231 e. The van der Waals surface area contributed by atoms with Gasteiger partial charge in [0.05, 0.1) is 0 Å². The molecule has 1 unspecified atom stereocenters. The summed E-state index contributed by atoms with van der Waals surface area (Å²) in [5.74, 6) is -10.9. The number of fused-ring (bicyclic) bond motifs is 1. The van der Waals surface area contributed by atoms with Crippen LogP contribution in [-0.4, -0.2) is 28.6 Å². The lowest BCUT2D eigenvalue weighted by atomic mass is 9.72. The van der Waals surface area contributed by atoms with Crippen LogP contribution in [0.15, 0.2) is 11.7 Å². The van der Waals surface area contributed by atoms with Gasteiger partial charge in [-0.2, -0.15) is 8.78 Å². The summed E-state index contributed by atoms with van der Waals surface area (Å²) in [7, 11) is 0. The van der Waals surface area contributed by atoms with Crippen LogP contribution >= 0.6 is 0 Å². The van der Waals surface area contributed by atoms with Crippen LogP contribution in [0.1, 0.15) is 0 Å². The first-order chi connectivity index (χ1) is 6.57. The van der Waals surface area contributed by atoms with E-state index in [1.54, 1.807) is 0 Å². The van der Waals surface area contributed by atoms with E-state index in [1.807, 2.05) is 0 Å². The maximum absolute atomic E-state index is 13.2. The second-order valence-corrected chi connectivity index (χ2v) is 3.84. The molecule has 0 saturated heterocycles. The Labute approximate surface area is 76.5 Å². The van der Waals surface area contributed by atoms with E-state index in [9.17, 15) is 35.1 Å². The summed E-state index contributed by atoms with van der Waals surface area (Å²) in [6.07, 6.45) is 0. The zero-order valence-electron chi connectivity index (χ0n) is 6.52. The summed E-state index contributed by atoms with van der Waals surface area (Å²) in [4.78, 5) is 0. The van der Waals surface area contributed by atoms with Gasteiger partial charge < -0.3 is 0 Å². The van der Waals surface area contributed by atoms with Crippen molar-refractivity contribution < 1.29 is 35.1 Å². The molecule has 0 amide bonds. The average Bonchev–Trinajstić information content (AvgIpc) is 2.52. The van der Waals surface area contributed by atoms with E-state index in [2.05, 4.69) is 0 Å². The highest BCUT2D eigenvalue weighted by atomic mass is 19.3. The quantitative estimate of drug-likeness (QED) is 0.567. The third-order valence-corrected chi connectivity index (χ3v) is 3.50. The second kappa shape index (κ2) is 1.58. The summed E-state index contributed by atoms with van der Waals surface area (Å²) in [6.45, 7) is 0. The van der Waals surface area contributed by atoms with Crippen LogP contribution in [0.3, 0.4) is 0 Å². The summed E-state index contributed by atoms with van der Waals surface area (Å²) < 4.78 is 103. The number of rotatable bonds is 0. The third-order valence-electron chi connectivity index (χ3n) is 3.50. The Bertz CT molecular complexity index is 442. The Hall–Kier alpha value is -0.820. The molecule has 0 aromatic carbocycles. The molecule has 84 valence electrons. The molecule has 0 bridgehead atoms. The Kier molecular flexibility index (Phi) is 0.991. The number of alkyl halides is 6. The van der Waals surface area contributed by atoms with Crippen molar-refractivity contribution in [1.29, 1.82) is 0 Å². The summed E-state index contributed by atoms with van der Waals surface area (Å²) in [6, 6.07) is 0. The van der Waals surface area contributed by atoms with Crippen LogP contribution in [-0.2, 0) is 0 Å². The van der Waals surface area contributed by atoms with E-state index in [0.29, 0.717) is 0 Å². The van der Waals surface area contributed by atoms with Crippen molar-refractivity contribution in [2.45, 2.75) is 28.6 Å². The smallest absolute Gasteiger partial charge is 0.231 e. The molecule has 3 rings (SSSR count). The van der Waals surface area contributed by atoms with E-state index in [4.69, 9.17) is 0 Å². The fourth-order valence-corrected chi connectivity index (χ4v) is 2.65. The summed E-state index contributed by atoms with van der Waals surface area (Å²) in [5.41, 5.74) is -18.5. The molecule has 0 aromatic rings. The Morgan fingerprint density at radius 3 is 1.33 bits per heavy atom. The van der Waals surface area contributed by atoms with Crippen molar-refractivity contribution in [3.8, 4) is 0 Å². The molecule has 8 heteroatoms. The van der Waals surface area contributed by atoms with E-state index < -0.39 is 40.3 Å². The monoisotopic (exact) mass is 236 g/mol. The first-order valence-corrected chi connectivity index (χ1v) is 3.76. The van der Waals surface area contributed by atoms with Gasteiger partial charge in [-0.05, 0) is 0 Å². The van der Waals surface area contributed by atoms with Gasteiger partial charge in [0.2, 0.25) is 11.3 Å². The van der Waals surface area contributed by atoms with Gasteiger partial charge in [0.25, 0.3) is 11.3 Å². The number of hydrogen-bond donors (Lipinski definition) is 0. The predicted molar refractivity (Wildman–Crippen MR) is 29.5 cm³/mol. The fraction of sp³-hybridized carbons (Fsp3) is 0.714. The van der Waals surface area contributed by atoms with E-state index in [-0.39, 0.29) is 0 Å². The van der Waals surface area contributed by atoms with Gasteiger partial charge in [0.15, 0.2) is 11.7 Å². The zero-order chi connectivity index (χ0) is 11.7. The number of halogens is 8. The number of hydrogen-bond acceptors (Lipinski definition) is 0. The zero-order valence-corrected chi connectivity index (χ0v) is 6.52. The van der Waals surface area contributed by atoms with Gasteiger partial charge in [0, 0.05) is 0 Å². The first kappa shape index (κ1) is 9.41. The highest BCUT2D eigenvalue weighted by Gasteiger charge is 3.25. The van der Waals surface area contributed by atoms with Crippen molar-refractivity contribution in [3.63, 3.8) is 0 Å². The lowest BCUT2D eigenvalue weighted by Crippen LogP contribution is -2.73. The van der Waals surface area contributed by atoms with Crippen molar-refractivity contribution in [3.05, 3.63) is 11.7 Å². The van der Waals surface area contributed by atoms with Crippen LogP contribution in [0.5, 0.6) is 0 Å². The fourth-order valence-electron chi connectivity index (χ4n) is 2.65. The van der Waals surface area contributed by atoms with E-state index in [1.165, 1.54) is 0 Å². The van der Waals surface area contributed by atoms with Crippen LogP contribution in [0.25, 0.3) is 0 Å². The van der Waals surface area contributed by atoms with Crippen molar-refractivity contribution >= 4 is 0 Å². The summed E-state index contributed by atoms with van der Waals surface area (Å²) >= 11 is 0. The van der Waals surface area contributed by atoms with Crippen LogP contribution in [0, 0.1) is 0 Å². The van der Waals surface area contributed by atoms with Crippen molar-refractivity contribution in [2.75, 3.05) is 0 Å². The number of allylic oxidation sites excluding steroid dienone is 2. The molecule has 0 spiro atoms. The highest BCUT2D eigenvalue weighted by molar-refractivity contribution is 5.74. The van der Waals surface area contributed by atoms with Crippen molar-refractivity contribution in [2.24, 2.45) is 0 Å². The van der Waals surface area contributed by atoms with Crippen LogP contribution in [0.4, 0.5) is 35.1 Å². The molecule has 0 nitrogen and oxygen atoms in total. The lowest BCUT2D eigenvalue weighted by molar-refractivity contribution is -0.291. The largest absolute Gasteiger partial charge is 0.332 e. The minimum atomic E-state index is -5.23. The molecule has 3 aliphatic rings. The third kappa shape index (κ3) is 0.365. The lowest BCUT2D eigenvalue weighted by Gasteiger charge is -2.44. The maximum atomic E-state index is 13.2. The molecule has 3 aliphatic carbocycles. The molecular formula is C7F8. The normalized spacial score (nSPS) is 64.0. The van der Waals surface area contributed by atoms with Gasteiger partial charge in [-0.1, -0.05) is 0 Å². The topological polar surface area (TPSA) is 0 Å². The second-order valence-electron chi connectivity index (χ2n) is 3.84. The molecule has 0 aromatic heterocycles. The molecule has 2 fully saturated rings. The predicted octanol–water partition coefficient (Wildman–Crippen LogP) is 2.65. The van der Waals surface area contributed by atoms with Gasteiger partial charge in [-0.3, -0.25) is 0 Å². The standard InChI is InChI=1S/C7F8/c8-1-2(9)4(11)5(12)3(1,10)6(5,13)7(4,14)15/t3-,4+,5?,6-/m1/s1. The van der Waals surface area contributed by atoms with Gasteiger partial charge in [0.1, 0.15) is 0 Å². The molecule has 4 atom stereocenters. The molecule has 15 heavy (non-hydrogen) atoms. The molecule has 0 N–H and O–H groups in total. The van der Waals surface area contributed by atoms with E-state index in [0.717, 1.165) is 0 Å². The van der Waals surface area contributed by atoms with Gasteiger partial charge in [-0.25, -0.2) is 26.3 Å². The van der Waals surface area contributed by atoms with E-state index >= 15 is 0 Å². The SMILES string of the molecule is FC1=C(F)[C@@]2(F)C3(F)[C@]1(F)C(F)(F)[C@]32F.